The first kappa shape index (κ1) is 20.1. The van der Waals surface area contributed by atoms with Gasteiger partial charge in [0.2, 0.25) is 6.29 Å². The van der Waals surface area contributed by atoms with Gasteiger partial charge in [-0.25, -0.2) is 0 Å². The van der Waals surface area contributed by atoms with E-state index in [-0.39, 0.29) is 17.7 Å². The molecule has 0 saturated carbocycles. The minimum Gasteiger partial charge on any atom is -0.517 e. The van der Waals surface area contributed by atoms with Gasteiger partial charge in [0.25, 0.3) is 14.3 Å². The fourth-order valence-electron chi connectivity index (χ4n) is 2.41. The molecule has 124 valence electrons. The van der Waals surface area contributed by atoms with Gasteiger partial charge in [0, 0.05) is 19.8 Å². The van der Waals surface area contributed by atoms with Gasteiger partial charge in [-0.3, -0.25) is 9.59 Å². The van der Waals surface area contributed by atoms with Crippen LogP contribution in [-0.2, 0) is 23.5 Å². The maximum atomic E-state index is 11.4. The first-order valence-electron chi connectivity index (χ1n) is 7.93. The molecule has 0 spiro atoms. The highest BCUT2D eigenvalue weighted by molar-refractivity contribution is 6.76. The van der Waals surface area contributed by atoms with E-state index in [1.807, 2.05) is 27.7 Å². The zero-order valence-corrected chi connectivity index (χ0v) is 15.2. The normalized spacial score (nSPS) is 14.4. The van der Waals surface area contributed by atoms with Crippen molar-refractivity contribution in [2.45, 2.75) is 84.9 Å². The van der Waals surface area contributed by atoms with Crippen molar-refractivity contribution < 1.29 is 23.5 Å². The van der Waals surface area contributed by atoms with E-state index in [9.17, 15) is 9.59 Å². The van der Waals surface area contributed by atoms with Crippen LogP contribution in [0.5, 0.6) is 0 Å². The summed E-state index contributed by atoms with van der Waals surface area (Å²) in [4.78, 5) is 22.9. The van der Waals surface area contributed by atoms with Gasteiger partial charge in [-0.05, 0) is 18.5 Å². The Morgan fingerprint density at radius 1 is 1.00 bits per heavy atom. The lowest BCUT2D eigenvalue weighted by Crippen LogP contribution is -2.53. The van der Waals surface area contributed by atoms with Crippen LogP contribution in [0.3, 0.4) is 0 Å². The molecule has 0 aromatic rings. The summed E-state index contributed by atoms with van der Waals surface area (Å²) in [6.45, 7) is 11.2. The highest BCUT2D eigenvalue weighted by Gasteiger charge is 2.44. The maximum Gasteiger partial charge on any atom is 0.307 e. The summed E-state index contributed by atoms with van der Waals surface area (Å²) in [5.41, 5.74) is -0.161. The van der Waals surface area contributed by atoms with Crippen molar-refractivity contribution in [3.63, 3.8) is 0 Å². The van der Waals surface area contributed by atoms with Crippen molar-refractivity contribution in [1.29, 1.82) is 0 Å². The van der Waals surface area contributed by atoms with E-state index in [4.69, 9.17) is 13.9 Å². The summed E-state index contributed by atoms with van der Waals surface area (Å²) >= 11 is 0. The molecule has 0 aromatic carbocycles. The third-order valence-electron chi connectivity index (χ3n) is 3.70. The molecule has 2 unspecified atom stereocenters. The number of carbonyl (C=O) groups is 2. The molecule has 0 heterocycles. The van der Waals surface area contributed by atoms with Crippen molar-refractivity contribution in [2.24, 2.45) is 0 Å². The van der Waals surface area contributed by atoms with Gasteiger partial charge in [0.05, 0.1) is 5.73 Å². The molecule has 0 bridgehead atoms. The van der Waals surface area contributed by atoms with Gasteiger partial charge >= 0.3 is 5.97 Å². The fraction of sp³-hybridized carbons (Fsp3) is 0.867. The largest absolute Gasteiger partial charge is 0.517 e. The lowest BCUT2D eigenvalue weighted by molar-refractivity contribution is -0.185. The van der Waals surface area contributed by atoms with E-state index < -0.39 is 14.6 Å². The van der Waals surface area contributed by atoms with Crippen LogP contribution in [0.15, 0.2) is 0 Å². The summed E-state index contributed by atoms with van der Waals surface area (Å²) in [5, 5.41) is 0. The van der Waals surface area contributed by atoms with Gasteiger partial charge in [-0.2, -0.15) is 0 Å². The van der Waals surface area contributed by atoms with E-state index in [0.717, 1.165) is 18.5 Å². The molecule has 0 aromatic heterocycles. The van der Waals surface area contributed by atoms with Crippen LogP contribution in [0.25, 0.3) is 0 Å². The molecule has 0 fully saturated rings. The summed E-state index contributed by atoms with van der Waals surface area (Å²) < 4.78 is 17.0. The average Bonchev–Trinajstić information content (AvgIpc) is 2.48. The molecule has 0 aliphatic carbocycles. The SMILES string of the molecule is CCC(=O)OC(CC)OC(CC)[Si](CC)(CC)OC(C)=O. The topological polar surface area (TPSA) is 61.8 Å². The average molecular weight is 318 g/mol. The summed E-state index contributed by atoms with van der Waals surface area (Å²) in [7, 11) is -2.34. The Bertz CT molecular complexity index is 328. The van der Waals surface area contributed by atoms with E-state index in [1.165, 1.54) is 6.92 Å². The molecular weight excluding hydrogens is 288 g/mol. The standard InChI is InChI=1S/C15H30O5Si/c1-7-13(17)18-14(8-2)19-15(9-3)21(10-4,11-5)20-12(6)16/h14-15H,7-11H2,1-6H3. The second kappa shape index (κ2) is 9.95. The van der Waals surface area contributed by atoms with E-state index in [1.54, 1.807) is 6.92 Å². The smallest absolute Gasteiger partial charge is 0.307 e. The third kappa shape index (κ3) is 6.18. The van der Waals surface area contributed by atoms with Crippen molar-refractivity contribution >= 4 is 20.3 Å². The lowest BCUT2D eigenvalue weighted by atomic mass is 10.4. The van der Waals surface area contributed by atoms with Crippen LogP contribution in [-0.4, -0.2) is 32.3 Å². The third-order valence-corrected chi connectivity index (χ3v) is 8.51. The quantitative estimate of drug-likeness (QED) is 0.350. The Morgan fingerprint density at radius 2 is 1.57 bits per heavy atom. The molecule has 5 nitrogen and oxygen atoms in total. The maximum absolute atomic E-state index is 11.4. The first-order chi connectivity index (χ1) is 9.88. The summed E-state index contributed by atoms with van der Waals surface area (Å²) in [5.74, 6) is -0.532. The predicted molar refractivity (Wildman–Crippen MR) is 84.1 cm³/mol. The number of hydrogen-bond donors (Lipinski definition) is 0. The minimum atomic E-state index is -2.34. The molecule has 0 aliphatic rings. The van der Waals surface area contributed by atoms with Gasteiger partial charge in [-0.1, -0.05) is 34.6 Å². The lowest BCUT2D eigenvalue weighted by Gasteiger charge is -2.37. The zero-order valence-electron chi connectivity index (χ0n) is 14.2. The van der Waals surface area contributed by atoms with Crippen molar-refractivity contribution in [2.75, 3.05) is 0 Å². The van der Waals surface area contributed by atoms with Gasteiger partial charge in [0.15, 0.2) is 0 Å². The second-order valence-corrected chi connectivity index (χ2v) is 9.47. The number of ether oxygens (including phenoxy) is 2. The molecular formula is C15H30O5Si. The molecule has 0 N–H and O–H groups in total. The van der Waals surface area contributed by atoms with E-state index in [0.29, 0.717) is 12.8 Å². The van der Waals surface area contributed by atoms with Crippen molar-refractivity contribution in [3.8, 4) is 0 Å². The van der Waals surface area contributed by atoms with Crippen molar-refractivity contribution in [3.05, 3.63) is 0 Å². The van der Waals surface area contributed by atoms with E-state index >= 15 is 0 Å². The number of esters is 1. The Hall–Kier alpha value is -0.883. The van der Waals surface area contributed by atoms with Crippen LogP contribution >= 0.6 is 0 Å². The van der Waals surface area contributed by atoms with E-state index in [2.05, 4.69) is 0 Å². The molecule has 0 amide bonds. The Kier molecular flexibility index (Phi) is 9.53. The van der Waals surface area contributed by atoms with Crippen LogP contribution in [0, 0.1) is 0 Å². The van der Waals surface area contributed by atoms with Gasteiger partial charge in [0.1, 0.15) is 0 Å². The summed E-state index contributed by atoms with van der Waals surface area (Å²) in [6, 6.07) is 1.58. The molecule has 0 aliphatic heterocycles. The molecule has 0 rings (SSSR count). The fourth-order valence-corrected chi connectivity index (χ4v) is 5.96. The number of hydrogen-bond acceptors (Lipinski definition) is 5. The number of rotatable bonds is 10. The molecule has 0 radical (unpaired) electrons. The van der Waals surface area contributed by atoms with Crippen LogP contribution in [0.2, 0.25) is 12.1 Å². The Labute approximate surface area is 129 Å². The first-order valence-corrected chi connectivity index (χ1v) is 10.3. The summed E-state index contributed by atoms with van der Waals surface area (Å²) in [6.07, 6.45) is 1.08. The second-order valence-electron chi connectivity index (χ2n) is 5.08. The van der Waals surface area contributed by atoms with Gasteiger partial charge in [-0.15, -0.1) is 0 Å². The zero-order chi connectivity index (χ0) is 16.5. The highest BCUT2D eigenvalue weighted by Crippen LogP contribution is 2.27. The molecule has 6 heteroatoms. The predicted octanol–water partition coefficient (Wildman–Crippen LogP) is 3.56. The van der Waals surface area contributed by atoms with Crippen molar-refractivity contribution in [1.82, 2.24) is 0 Å². The Balaban J connectivity index is 5.06. The monoisotopic (exact) mass is 318 g/mol. The van der Waals surface area contributed by atoms with Crippen LogP contribution in [0.4, 0.5) is 0 Å². The molecule has 2 atom stereocenters. The highest BCUT2D eigenvalue weighted by atomic mass is 28.4. The Morgan fingerprint density at radius 3 is 1.90 bits per heavy atom. The van der Waals surface area contributed by atoms with Gasteiger partial charge < -0.3 is 13.9 Å². The molecule has 0 saturated heterocycles. The van der Waals surface area contributed by atoms with Crippen LogP contribution < -0.4 is 0 Å². The van der Waals surface area contributed by atoms with Crippen LogP contribution in [0.1, 0.15) is 60.8 Å². The minimum absolute atomic E-state index is 0.161. The number of carbonyl (C=O) groups excluding carboxylic acids is 2. The molecule has 21 heavy (non-hydrogen) atoms.